The molecule has 1 aliphatic carbocycles. The van der Waals surface area contributed by atoms with Crippen molar-refractivity contribution < 1.29 is 0 Å². The summed E-state index contributed by atoms with van der Waals surface area (Å²) in [6, 6.07) is 0.363. The van der Waals surface area contributed by atoms with Gasteiger partial charge < -0.3 is 9.88 Å². The molecule has 1 atom stereocenters. The fourth-order valence-corrected chi connectivity index (χ4v) is 2.81. The van der Waals surface area contributed by atoms with Crippen molar-refractivity contribution in [2.24, 2.45) is 0 Å². The van der Waals surface area contributed by atoms with Crippen LogP contribution in [0.5, 0.6) is 0 Å². The molecule has 2 heterocycles. The zero-order chi connectivity index (χ0) is 13.4. The number of rotatable bonds is 4. The van der Waals surface area contributed by atoms with Crippen LogP contribution in [-0.2, 0) is 0 Å². The minimum absolute atomic E-state index is 0.00560. The summed E-state index contributed by atoms with van der Waals surface area (Å²) in [7, 11) is 0. The molecule has 1 aliphatic rings. The molecule has 1 N–H and O–H groups in total. The number of nitrogens with zero attached hydrogens (tertiary/aromatic N) is 3. The number of anilines is 1. The molecule has 2 aromatic rings. The molecule has 1 fully saturated rings. The molecule has 0 radical (unpaired) electrons. The fourth-order valence-electron chi connectivity index (χ4n) is 2.00. The predicted octanol–water partition coefficient (Wildman–Crippen LogP) is 2.52. The highest BCUT2D eigenvalue weighted by Crippen LogP contribution is 2.33. The van der Waals surface area contributed by atoms with Gasteiger partial charge in [0, 0.05) is 29.5 Å². The van der Waals surface area contributed by atoms with Gasteiger partial charge in [-0.2, -0.15) is 0 Å². The van der Waals surface area contributed by atoms with Crippen LogP contribution in [0, 0.1) is 6.92 Å². The van der Waals surface area contributed by atoms with Crippen LogP contribution in [0.25, 0.3) is 0 Å². The van der Waals surface area contributed by atoms with Gasteiger partial charge in [-0.15, -0.1) is 11.3 Å². The topological polar surface area (TPSA) is 59.8 Å². The van der Waals surface area contributed by atoms with E-state index < -0.39 is 0 Å². The van der Waals surface area contributed by atoms with Gasteiger partial charge in [0.25, 0.3) is 5.56 Å². The van der Waals surface area contributed by atoms with E-state index in [1.54, 1.807) is 28.3 Å². The van der Waals surface area contributed by atoms with Gasteiger partial charge in [0.2, 0.25) is 0 Å². The Morgan fingerprint density at radius 2 is 2.32 bits per heavy atom. The van der Waals surface area contributed by atoms with E-state index in [2.05, 4.69) is 15.3 Å². The highest BCUT2D eigenvalue weighted by atomic mass is 32.1. The van der Waals surface area contributed by atoms with E-state index in [4.69, 9.17) is 0 Å². The lowest BCUT2D eigenvalue weighted by atomic mass is 10.3. The molecule has 0 saturated heterocycles. The van der Waals surface area contributed by atoms with Gasteiger partial charge in [0.1, 0.15) is 5.01 Å². The first-order valence-corrected chi connectivity index (χ1v) is 7.29. The number of nitrogens with one attached hydrogen (secondary N) is 1. The lowest BCUT2D eigenvalue weighted by Gasteiger charge is -2.12. The quantitative estimate of drug-likeness (QED) is 0.932. The third kappa shape index (κ3) is 2.53. The van der Waals surface area contributed by atoms with Crippen molar-refractivity contribution in [1.29, 1.82) is 0 Å². The lowest BCUT2D eigenvalue weighted by molar-refractivity contribution is 0.695. The monoisotopic (exact) mass is 276 g/mol. The average Bonchev–Trinajstić information content (AvgIpc) is 3.13. The second kappa shape index (κ2) is 4.77. The molecule has 1 unspecified atom stereocenters. The molecule has 5 nitrogen and oxygen atoms in total. The van der Waals surface area contributed by atoms with Gasteiger partial charge in [-0.25, -0.2) is 9.97 Å². The summed E-state index contributed by atoms with van der Waals surface area (Å²) in [5.74, 6) is 0.412. The Morgan fingerprint density at radius 3 is 2.95 bits per heavy atom. The van der Waals surface area contributed by atoms with Crippen molar-refractivity contribution in [3.63, 3.8) is 0 Å². The molecule has 19 heavy (non-hydrogen) atoms. The number of hydrogen-bond donors (Lipinski definition) is 1. The Morgan fingerprint density at radius 1 is 1.53 bits per heavy atom. The van der Waals surface area contributed by atoms with E-state index in [9.17, 15) is 4.79 Å². The highest BCUT2D eigenvalue weighted by molar-refractivity contribution is 7.09. The first kappa shape index (κ1) is 12.3. The van der Waals surface area contributed by atoms with Crippen LogP contribution in [0.15, 0.2) is 22.6 Å². The molecule has 0 bridgehead atoms. The summed E-state index contributed by atoms with van der Waals surface area (Å²) >= 11 is 1.60. The SMILES string of the molecule is Cc1csc(C(C)Nc2nccn(C3CC3)c2=O)n1. The largest absolute Gasteiger partial charge is 0.357 e. The van der Waals surface area contributed by atoms with Crippen LogP contribution in [-0.4, -0.2) is 14.5 Å². The number of hydrogen-bond acceptors (Lipinski definition) is 5. The molecule has 0 aromatic carbocycles. The minimum atomic E-state index is -0.0369. The van der Waals surface area contributed by atoms with Gasteiger partial charge in [-0.05, 0) is 26.7 Å². The van der Waals surface area contributed by atoms with Crippen LogP contribution in [0.2, 0.25) is 0 Å². The summed E-state index contributed by atoms with van der Waals surface area (Å²) in [5.41, 5.74) is 0.968. The third-order valence-electron chi connectivity index (χ3n) is 3.17. The van der Waals surface area contributed by atoms with Gasteiger partial charge in [0.15, 0.2) is 5.82 Å². The minimum Gasteiger partial charge on any atom is -0.357 e. The highest BCUT2D eigenvalue weighted by Gasteiger charge is 2.25. The predicted molar refractivity (Wildman–Crippen MR) is 75.7 cm³/mol. The Labute approximate surface area is 115 Å². The number of aromatic nitrogens is 3. The van der Waals surface area contributed by atoms with Gasteiger partial charge in [0.05, 0.1) is 6.04 Å². The number of aryl methyl sites for hydroxylation is 1. The van der Waals surface area contributed by atoms with Crippen molar-refractivity contribution in [1.82, 2.24) is 14.5 Å². The van der Waals surface area contributed by atoms with Gasteiger partial charge in [-0.1, -0.05) is 0 Å². The molecular weight excluding hydrogens is 260 g/mol. The maximum atomic E-state index is 12.2. The average molecular weight is 276 g/mol. The molecule has 6 heteroatoms. The summed E-state index contributed by atoms with van der Waals surface area (Å²) < 4.78 is 1.77. The molecule has 0 amide bonds. The first-order valence-electron chi connectivity index (χ1n) is 6.41. The summed E-state index contributed by atoms with van der Waals surface area (Å²) in [4.78, 5) is 20.8. The van der Waals surface area contributed by atoms with Crippen LogP contribution >= 0.6 is 11.3 Å². The van der Waals surface area contributed by atoms with Crippen molar-refractivity contribution in [3.8, 4) is 0 Å². The zero-order valence-electron chi connectivity index (χ0n) is 11.0. The van der Waals surface area contributed by atoms with Gasteiger partial charge in [-0.3, -0.25) is 4.79 Å². The maximum absolute atomic E-state index is 12.2. The second-order valence-corrected chi connectivity index (χ2v) is 5.80. The van der Waals surface area contributed by atoms with Crippen LogP contribution in [0.4, 0.5) is 5.82 Å². The summed E-state index contributed by atoms with van der Waals surface area (Å²) in [6.45, 7) is 3.96. The van der Waals surface area contributed by atoms with Crippen molar-refractivity contribution >= 4 is 17.2 Å². The Hall–Kier alpha value is -1.69. The van der Waals surface area contributed by atoms with Crippen LogP contribution < -0.4 is 10.9 Å². The molecule has 100 valence electrons. The number of thiazole rings is 1. The van der Waals surface area contributed by atoms with E-state index >= 15 is 0 Å². The van der Waals surface area contributed by atoms with E-state index in [1.807, 2.05) is 19.2 Å². The molecule has 0 spiro atoms. The molecule has 3 rings (SSSR count). The molecule has 1 saturated carbocycles. The Balaban J connectivity index is 1.83. The lowest BCUT2D eigenvalue weighted by Crippen LogP contribution is -2.24. The van der Waals surface area contributed by atoms with E-state index in [1.165, 1.54) is 0 Å². The van der Waals surface area contributed by atoms with Crippen molar-refractivity contribution in [2.45, 2.75) is 38.8 Å². The molecule has 2 aromatic heterocycles. The summed E-state index contributed by atoms with van der Waals surface area (Å²) in [6.07, 6.45) is 5.63. The fraction of sp³-hybridized carbons (Fsp3) is 0.462. The van der Waals surface area contributed by atoms with E-state index in [0.29, 0.717) is 11.9 Å². The van der Waals surface area contributed by atoms with Crippen molar-refractivity contribution in [2.75, 3.05) is 5.32 Å². The molecule has 0 aliphatic heterocycles. The maximum Gasteiger partial charge on any atom is 0.293 e. The van der Waals surface area contributed by atoms with Crippen molar-refractivity contribution in [3.05, 3.63) is 38.8 Å². The smallest absolute Gasteiger partial charge is 0.293 e. The Kier molecular flexibility index (Phi) is 3.10. The van der Waals surface area contributed by atoms with Crippen LogP contribution in [0.1, 0.15) is 42.6 Å². The third-order valence-corrected chi connectivity index (χ3v) is 4.31. The Bertz CT molecular complexity index is 644. The standard InChI is InChI=1S/C13H16N4OS/c1-8-7-19-12(15-8)9(2)16-11-13(18)17(6-5-14-11)10-3-4-10/h5-7,9-10H,3-4H2,1-2H3,(H,14,16). The zero-order valence-corrected chi connectivity index (χ0v) is 11.8. The van der Waals surface area contributed by atoms with Gasteiger partial charge >= 0.3 is 0 Å². The van der Waals surface area contributed by atoms with E-state index in [-0.39, 0.29) is 11.6 Å². The normalized spacial score (nSPS) is 16.3. The second-order valence-electron chi connectivity index (χ2n) is 4.91. The molecular formula is C13H16N4OS. The summed E-state index contributed by atoms with van der Waals surface area (Å²) in [5, 5.41) is 6.15. The first-order chi connectivity index (χ1) is 9.15. The van der Waals surface area contributed by atoms with Crippen LogP contribution in [0.3, 0.4) is 0 Å². The van der Waals surface area contributed by atoms with E-state index in [0.717, 1.165) is 23.5 Å².